The van der Waals surface area contributed by atoms with Crippen molar-refractivity contribution < 1.29 is 14.6 Å². The Morgan fingerprint density at radius 3 is 2.71 bits per heavy atom. The molecule has 1 atom stereocenters. The summed E-state index contributed by atoms with van der Waals surface area (Å²) in [7, 11) is 0. The van der Waals surface area contributed by atoms with E-state index in [2.05, 4.69) is 4.99 Å². The summed E-state index contributed by atoms with van der Waals surface area (Å²) in [5.41, 5.74) is 0.816. The highest BCUT2D eigenvalue weighted by atomic mass is 16.5. The Morgan fingerprint density at radius 2 is 2.14 bits per heavy atom. The maximum absolute atomic E-state index is 10.6. The van der Waals surface area contributed by atoms with E-state index < -0.39 is 12.0 Å². The molecule has 1 aliphatic rings. The molecule has 4 nitrogen and oxygen atoms in total. The number of aliphatic imine (C=N–C) groups is 1. The lowest BCUT2D eigenvalue weighted by atomic mass is 10.2. The molecule has 0 bridgehead atoms. The molecule has 1 aromatic rings. The first kappa shape index (κ1) is 8.74. The SMILES string of the molecule is O=C(O)[C@H]1COC(c2ccccc2)=N1. The number of carbonyl (C=O) groups is 1. The zero-order valence-electron chi connectivity index (χ0n) is 7.38. The molecule has 2 rings (SSSR count). The Kier molecular flexibility index (Phi) is 2.18. The van der Waals surface area contributed by atoms with E-state index in [9.17, 15) is 4.79 Å². The van der Waals surface area contributed by atoms with Crippen LogP contribution < -0.4 is 0 Å². The first-order chi connectivity index (χ1) is 6.77. The summed E-state index contributed by atoms with van der Waals surface area (Å²) < 4.78 is 5.18. The van der Waals surface area contributed by atoms with Gasteiger partial charge >= 0.3 is 5.97 Å². The van der Waals surface area contributed by atoms with Crippen molar-refractivity contribution in [3.63, 3.8) is 0 Å². The number of ether oxygens (including phenoxy) is 1. The largest absolute Gasteiger partial charge is 0.480 e. The lowest BCUT2D eigenvalue weighted by Crippen LogP contribution is -2.18. The van der Waals surface area contributed by atoms with Gasteiger partial charge in [-0.2, -0.15) is 0 Å². The predicted molar refractivity (Wildman–Crippen MR) is 50.4 cm³/mol. The quantitative estimate of drug-likeness (QED) is 0.756. The van der Waals surface area contributed by atoms with Gasteiger partial charge in [-0.25, -0.2) is 9.79 Å². The monoisotopic (exact) mass is 191 g/mol. The lowest BCUT2D eigenvalue weighted by Gasteiger charge is -1.98. The molecule has 0 spiro atoms. The number of aliphatic carboxylic acids is 1. The number of hydrogen-bond acceptors (Lipinski definition) is 3. The first-order valence-corrected chi connectivity index (χ1v) is 4.26. The molecule has 0 aliphatic carbocycles. The molecular formula is C10H9NO3. The van der Waals surface area contributed by atoms with Crippen molar-refractivity contribution in [2.75, 3.05) is 6.61 Å². The van der Waals surface area contributed by atoms with Crippen LogP contribution in [0, 0.1) is 0 Å². The van der Waals surface area contributed by atoms with Gasteiger partial charge in [-0.1, -0.05) is 18.2 Å². The highest BCUT2D eigenvalue weighted by molar-refractivity contribution is 5.97. The minimum absolute atomic E-state index is 0.125. The molecule has 4 heteroatoms. The summed E-state index contributed by atoms with van der Waals surface area (Å²) in [6.45, 7) is 0.125. The fourth-order valence-electron chi connectivity index (χ4n) is 1.24. The van der Waals surface area contributed by atoms with Crippen LogP contribution in [0.1, 0.15) is 5.56 Å². The number of rotatable bonds is 2. The summed E-state index contributed by atoms with van der Waals surface area (Å²) in [6.07, 6.45) is 0. The van der Waals surface area contributed by atoms with Gasteiger partial charge in [0.15, 0.2) is 6.04 Å². The van der Waals surface area contributed by atoms with Crippen LogP contribution in [0.4, 0.5) is 0 Å². The van der Waals surface area contributed by atoms with Gasteiger partial charge in [-0.15, -0.1) is 0 Å². The first-order valence-electron chi connectivity index (χ1n) is 4.26. The fraction of sp³-hybridized carbons (Fsp3) is 0.200. The summed E-state index contributed by atoms with van der Waals surface area (Å²) in [4.78, 5) is 14.5. The molecule has 0 fully saturated rings. The van der Waals surface area contributed by atoms with E-state index in [-0.39, 0.29) is 6.61 Å². The van der Waals surface area contributed by atoms with Crippen LogP contribution in [0.2, 0.25) is 0 Å². The van der Waals surface area contributed by atoms with E-state index in [1.165, 1.54) is 0 Å². The number of nitrogens with zero attached hydrogens (tertiary/aromatic N) is 1. The average molecular weight is 191 g/mol. The smallest absolute Gasteiger partial charge is 0.332 e. The van der Waals surface area contributed by atoms with Crippen molar-refractivity contribution >= 4 is 11.9 Å². The van der Waals surface area contributed by atoms with Crippen molar-refractivity contribution in [3.05, 3.63) is 35.9 Å². The molecule has 0 unspecified atom stereocenters. The Balaban J connectivity index is 2.22. The molecule has 1 heterocycles. The molecule has 0 saturated carbocycles. The molecule has 1 aliphatic heterocycles. The summed E-state index contributed by atoms with van der Waals surface area (Å²) >= 11 is 0. The van der Waals surface area contributed by atoms with Gasteiger partial charge in [0, 0.05) is 5.56 Å². The highest BCUT2D eigenvalue weighted by Gasteiger charge is 2.25. The topological polar surface area (TPSA) is 58.9 Å². The van der Waals surface area contributed by atoms with E-state index in [0.717, 1.165) is 5.56 Å². The van der Waals surface area contributed by atoms with Gasteiger partial charge in [0.05, 0.1) is 0 Å². The molecule has 0 saturated heterocycles. The van der Waals surface area contributed by atoms with Crippen LogP contribution in [0.3, 0.4) is 0 Å². The normalized spacial score (nSPS) is 20.0. The molecule has 0 radical (unpaired) electrons. The molecule has 14 heavy (non-hydrogen) atoms. The highest BCUT2D eigenvalue weighted by Crippen LogP contribution is 2.11. The van der Waals surface area contributed by atoms with Crippen LogP contribution in [-0.4, -0.2) is 29.6 Å². The average Bonchev–Trinajstić information content (AvgIpc) is 2.68. The maximum Gasteiger partial charge on any atom is 0.332 e. The van der Waals surface area contributed by atoms with E-state index >= 15 is 0 Å². The van der Waals surface area contributed by atoms with Gasteiger partial charge in [0.25, 0.3) is 0 Å². The van der Waals surface area contributed by atoms with Crippen molar-refractivity contribution in [2.24, 2.45) is 4.99 Å². The molecule has 72 valence electrons. The molecular weight excluding hydrogens is 182 g/mol. The summed E-state index contributed by atoms with van der Waals surface area (Å²) in [5.74, 6) is -0.533. The number of benzene rings is 1. The minimum Gasteiger partial charge on any atom is -0.480 e. The van der Waals surface area contributed by atoms with Crippen molar-refractivity contribution in [3.8, 4) is 0 Å². The van der Waals surface area contributed by atoms with Crippen molar-refractivity contribution in [2.45, 2.75) is 6.04 Å². The van der Waals surface area contributed by atoms with Crippen LogP contribution >= 0.6 is 0 Å². The van der Waals surface area contributed by atoms with Gasteiger partial charge in [-0.05, 0) is 12.1 Å². The van der Waals surface area contributed by atoms with E-state index in [4.69, 9.17) is 9.84 Å². The Bertz CT molecular complexity index is 372. The van der Waals surface area contributed by atoms with E-state index in [1.807, 2.05) is 30.3 Å². The lowest BCUT2D eigenvalue weighted by molar-refractivity contribution is -0.138. The Hall–Kier alpha value is -1.84. The third kappa shape index (κ3) is 1.59. The summed E-state index contributed by atoms with van der Waals surface area (Å²) in [5, 5.41) is 8.69. The van der Waals surface area contributed by atoms with Crippen LogP contribution in [0.25, 0.3) is 0 Å². The zero-order valence-corrected chi connectivity index (χ0v) is 7.38. The van der Waals surface area contributed by atoms with Crippen molar-refractivity contribution in [1.82, 2.24) is 0 Å². The third-order valence-corrected chi connectivity index (χ3v) is 1.96. The second-order valence-corrected chi connectivity index (χ2v) is 2.97. The number of carboxylic acid groups (broad SMARTS) is 1. The minimum atomic E-state index is -0.948. The predicted octanol–water partition coefficient (Wildman–Crippen LogP) is 0.917. The van der Waals surface area contributed by atoms with Crippen LogP contribution in [-0.2, 0) is 9.53 Å². The second-order valence-electron chi connectivity index (χ2n) is 2.97. The molecule has 1 N–H and O–H groups in total. The fourth-order valence-corrected chi connectivity index (χ4v) is 1.24. The van der Waals surface area contributed by atoms with Crippen LogP contribution in [0.5, 0.6) is 0 Å². The van der Waals surface area contributed by atoms with E-state index in [1.54, 1.807) is 0 Å². The summed E-state index contributed by atoms with van der Waals surface area (Å²) in [6, 6.07) is 8.51. The Labute approximate surface area is 80.8 Å². The van der Waals surface area contributed by atoms with Gasteiger partial charge in [0.1, 0.15) is 6.61 Å². The maximum atomic E-state index is 10.6. The van der Waals surface area contributed by atoms with Gasteiger partial charge < -0.3 is 9.84 Å². The number of carboxylic acids is 1. The molecule has 0 amide bonds. The number of hydrogen-bond donors (Lipinski definition) is 1. The second kappa shape index (κ2) is 3.49. The standard InChI is InChI=1S/C10H9NO3/c12-10(13)8-6-14-9(11-8)7-4-2-1-3-5-7/h1-5,8H,6H2,(H,12,13)/t8-/m1/s1. The molecule has 0 aromatic heterocycles. The van der Waals surface area contributed by atoms with Crippen molar-refractivity contribution in [1.29, 1.82) is 0 Å². The molecule has 1 aromatic carbocycles. The van der Waals surface area contributed by atoms with Crippen LogP contribution in [0.15, 0.2) is 35.3 Å². The zero-order chi connectivity index (χ0) is 9.97. The van der Waals surface area contributed by atoms with Gasteiger partial charge in [-0.3, -0.25) is 0 Å². The van der Waals surface area contributed by atoms with Gasteiger partial charge in [0.2, 0.25) is 5.90 Å². The van der Waals surface area contributed by atoms with E-state index in [0.29, 0.717) is 5.90 Å². The Morgan fingerprint density at radius 1 is 1.43 bits per heavy atom. The third-order valence-electron chi connectivity index (χ3n) is 1.96.